The Morgan fingerprint density at radius 1 is 1.42 bits per heavy atom. The zero-order valence-corrected chi connectivity index (χ0v) is 13.5. The van der Waals surface area contributed by atoms with Crippen molar-refractivity contribution < 1.29 is 14.9 Å². The van der Waals surface area contributed by atoms with Gasteiger partial charge in [0, 0.05) is 25.4 Å². The molecule has 0 fully saturated rings. The van der Waals surface area contributed by atoms with E-state index in [9.17, 15) is 10.2 Å². The maximum atomic E-state index is 9.93. The molecular formula is C11H27N3O3S2. The van der Waals surface area contributed by atoms with Crippen LogP contribution < -0.4 is 16.4 Å². The van der Waals surface area contributed by atoms with Gasteiger partial charge in [-0.1, -0.05) is 0 Å². The number of thioether (sulfide) groups is 1. The SMILES string of the molecule is CCOC(S)SCC(O)NC(C)(C)C(O)NCCN. The van der Waals surface area contributed by atoms with E-state index < -0.39 is 18.0 Å². The Labute approximate surface area is 125 Å². The van der Waals surface area contributed by atoms with Crippen LogP contribution in [0.1, 0.15) is 20.8 Å². The first-order valence-corrected chi connectivity index (χ1v) is 7.88. The summed E-state index contributed by atoms with van der Waals surface area (Å²) in [7, 11) is 0. The number of thiol groups is 1. The molecule has 0 aliphatic carbocycles. The summed E-state index contributed by atoms with van der Waals surface area (Å²) in [5, 5.41) is 25.7. The third kappa shape index (κ3) is 9.09. The first kappa shape index (κ1) is 19.5. The minimum Gasteiger partial charge on any atom is -0.378 e. The zero-order chi connectivity index (χ0) is 14.9. The van der Waals surface area contributed by atoms with E-state index in [4.69, 9.17) is 10.5 Å². The molecule has 116 valence electrons. The molecule has 0 radical (unpaired) electrons. The minimum absolute atomic E-state index is 0.259. The number of hydrogen-bond donors (Lipinski definition) is 6. The number of nitrogens with two attached hydrogens (primary N) is 1. The Hall–Kier alpha value is 0.460. The van der Waals surface area contributed by atoms with Gasteiger partial charge in [-0.15, -0.1) is 24.4 Å². The van der Waals surface area contributed by atoms with Crippen LogP contribution in [0.2, 0.25) is 0 Å². The summed E-state index contributed by atoms with van der Waals surface area (Å²) in [5.74, 6) is 0.418. The lowest BCUT2D eigenvalue weighted by molar-refractivity contribution is 0.0153. The summed E-state index contributed by atoms with van der Waals surface area (Å²) in [6, 6.07) is 0. The largest absolute Gasteiger partial charge is 0.378 e. The molecule has 0 saturated carbocycles. The van der Waals surface area contributed by atoms with Crippen molar-refractivity contribution >= 4 is 24.4 Å². The summed E-state index contributed by atoms with van der Waals surface area (Å²) in [4.78, 5) is 0. The topological polar surface area (TPSA) is 99.8 Å². The molecule has 0 aliphatic rings. The summed E-state index contributed by atoms with van der Waals surface area (Å²) < 4.78 is 4.98. The lowest BCUT2D eigenvalue weighted by atomic mass is 10.0. The van der Waals surface area contributed by atoms with Gasteiger partial charge in [-0.2, -0.15) is 0 Å². The zero-order valence-electron chi connectivity index (χ0n) is 11.8. The molecule has 0 aromatic rings. The molecule has 0 rings (SSSR count). The molecule has 19 heavy (non-hydrogen) atoms. The third-order valence-electron chi connectivity index (χ3n) is 2.41. The predicted molar refractivity (Wildman–Crippen MR) is 83.1 cm³/mol. The quantitative estimate of drug-likeness (QED) is 0.226. The fraction of sp³-hybridized carbons (Fsp3) is 1.00. The van der Waals surface area contributed by atoms with Crippen LogP contribution in [0.3, 0.4) is 0 Å². The number of hydrogen-bond acceptors (Lipinski definition) is 8. The average molecular weight is 313 g/mol. The van der Waals surface area contributed by atoms with Gasteiger partial charge >= 0.3 is 0 Å². The van der Waals surface area contributed by atoms with E-state index in [-0.39, 0.29) is 4.77 Å². The van der Waals surface area contributed by atoms with Gasteiger partial charge in [-0.3, -0.25) is 10.6 Å². The maximum Gasteiger partial charge on any atom is 0.147 e. The summed E-state index contributed by atoms with van der Waals surface area (Å²) in [5.41, 5.74) is 4.69. The van der Waals surface area contributed by atoms with Gasteiger partial charge in [-0.05, 0) is 20.8 Å². The van der Waals surface area contributed by atoms with Crippen molar-refractivity contribution in [2.24, 2.45) is 5.73 Å². The van der Waals surface area contributed by atoms with Crippen LogP contribution in [-0.4, -0.2) is 58.4 Å². The van der Waals surface area contributed by atoms with Crippen molar-refractivity contribution in [2.45, 2.75) is 43.5 Å². The smallest absolute Gasteiger partial charge is 0.147 e. The second-order valence-electron chi connectivity index (χ2n) is 4.62. The van der Waals surface area contributed by atoms with Gasteiger partial charge < -0.3 is 20.7 Å². The predicted octanol–water partition coefficient (Wildman–Crippen LogP) is -0.477. The Balaban J connectivity index is 4.03. The molecular weight excluding hydrogens is 286 g/mol. The van der Waals surface area contributed by atoms with E-state index >= 15 is 0 Å². The van der Waals surface area contributed by atoms with Crippen LogP contribution in [0.15, 0.2) is 0 Å². The molecule has 0 aromatic carbocycles. The normalized spacial score (nSPS) is 17.2. The molecule has 0 spiro atoms. The Morgan fingerprint density at radius 2 is 2.05 bits per heavy atom. The van der Waals surface area contributed by atoms with Gasteiger partial charge in [-0.25, -0.2) is 0 Å². The molecule has 6 N–H and O–H groups in total. The summed E-state index contributed by atoms with van der Waals surface area (Å²) >= 11 is 5.60. The Bertz CT molecular complexity index is 235. The highest BCUT2D eigenvalue weighted by Gasteiger charge is 2.29. The number of aliphatic hydroxyl groups excluding tert-OH is 2. The van der Waals surface area contributed by atoms with Gasteiger partial charge in [0.25, 0.3) is 0 Å². The molecule has 0 heterocycles. The fourth-order valence-corrected chi connectivity index (χ4v) is 2.46. The van der Waals surface area contributed by atoms with Gasteiger partial charge in [0.1, 0.15) is 17.2 Å². The van der Waals surface area contributed by atoms with E-state index in [0.29, 0.717) is 25.4 Å². The highest BCUT2D eigenvalue weighted by molar-refractivity contribution is 8.10. The van der Waals surface area contributed by atoms with E-state index in [1.807, 2.05) is 6.92 Å². The van der Waals surface area contributed by atoms with E-state index in [0.717, 1.165) is 0 Å². The summed E-state index contributed by atoms with van der Waals surface area (Å²) in [6.07, 6.45) is -1.56. The van der Waals surface area contributed by atoms with Crippen molar-refractivity contribution in [1.82, 2.24) is 10.6 Å². The van der Waals surface area contributed by atoms with Crippen molar-refractivity contribution in [3.63, 3.8) is 0 Å². The van der Waals surface area contributed by atoms with Gasteiger partial charge in [0.15, 0.2) is 0 Å². The Morgan fingerprint density at radius 3 is 2.58 bits per heavy atom. The lowest BCUT2D eigenvalue weighted by Gasteiger charge is -2.34. The molecule has 0 amide bonds. The average Bonchev–Trinajstić information content (AvgIpc) is 2.33. The highest BCUT2D eigenvalue weighted by Crippen LogP contribution is 2.17. The van der Waals surface area contributed by atoms with Crippen LogP contribution in [-0.2, 0) is 4.74 Å². The van der Waals surface area contributed by atoms with E-state index in [1.165, 1.54) is 11.8 Å². The summed E-state index contributed by atoms with van der Waals surface area (Å²) in [6.45, 7) is 7.03. The Kier molecular flexibility index (Phi) is 10.5. The molecule has 3 atom stereocenters. The van der Waals surface area contributed by atoms with Crippen LogP contribution >= 0.6 is 24.4 Å². The number of ether oxygens (including phenoxy) is 1. The molecule has 0 aliphatic heterocycles. The highest BCUT2D eigenvalue weighted by atomic mass is 32.2. The number of nitrogens with one attached hydrogen (secondary N) is 2. The molecule has 3 unspecified atom stereocenters. The third-order valence-corrected chi connectivity index (χ3v) is 3.94. The van der Waals surface area contributed by atoms with E-state index in [1.54, 1.807) is 13.8 Å². The second-order valence-corrected chi connectivity index (χ2v) is 6.54. The minimum atomic E-state index is -0.797. The van der Waals surface area contributed by atoms with E-state index in [2.05, 4.69) is 23.3 Å². The number of aliphatic hydroxyl groups is 2. The second kappa shape index (κ2) is 10.2. The lowest BCUT2D eigenvalue weighted by Crippen LogP contribution is -2.59. The van der Waals surface area contributed by atoms with Gasteiger partial charge in [0.2, 0.25) is 0 Å². The van der Waals surface area contributed by atoms with Crippen molar-refractivity contribution in [2.75, 3.05) is 25.4 Å². The number of rotatable bonds is 11. The van der Waals surface area contributed by atoms with Crippen LogP contribution in [0.5, 0.6) is 0 Å². The van der Waals surface area contributed by atoms with Crippen molar-refractivity contribution in [1.29, 1.82) is 0 Å². The molecule has 0 bridgehead atoms. The van der Waals surface area contributed by atoms with Crippen LogP contribution in [0.25, 0.3) is 0 Å². The molecule has 0 saturated heterocycles. The molecule has 0 aromatic heterocycles. The van der Waals surface area contributed by atoms with Crippen molar-refractivity contribution in [3.8, 4) is 0 Å². The standard InChI is InChI=1S/C11H27N3O3S2/c1-4-17-10(18)19-7-8(15)14-11(2,3)9(16)13-6-5-12/h8-10,13-16,18H,4-7,12H2,1-3H3. The molecule has 6 nitrogen and oxygen atoms in total. The van der Waals surface area contributed by atoms with Crippen molar-refractivity contribution in [3.05, 3.63) is 0 Å². The fourth-order valence-electron chi connectivity index (χ4n) is 1.39. The van der Waals surface area contributed by atoms with Gasteiger partial charge in [0.05, 0.1) is 5.54 Å². The first-order chi connectivity index (χ1) is 8.83. The first-order valence-electron chi connectivity index (χ1n) is 6.32. The van der Waals surface area contributed by atoms with Crippen LogP contribution in [0.4, 0.5) is 0 Å². The monoisotopic (exact) mass is 313 g/mol. The van der Waals surface area contributed by atoms with Crippen LogP contribution in [0, 0.1) is 0 Å². The maximum absolute atomic E-state index is 9.93. The molecule has 8 heteroatoms.